The van der Waals surface area contributed by atoms with Crippen LogP contribution in [0.4, 0.5) is 10.6 Å². The van der Waals surface area contributed by atoms with Crippen LogP contribution in [0, 0.1) is 11.3 Å². The van der Waals surface area contributed by atoms with Crippen LogP contribution in [-0.2, 0) is 9.47 Å². The van der Waals surface area contributed by atoms with E-state index in [0.717, 1.165) is 12.8 Å². The number of hydrogen-bond acceptors (Lipinski definition) is 8. The van der Waals surface area contributed by atoms with E-state index in [9.17, 15) is 14.9 Å². The van der Waals surface area contributed by atoms with Crippen LogP contribution in [0.5, 0.6) is 0 Å². The number of unbranched alkanes of at least 4 members (excludes halogenated alkanes) is 1. The van der Waals surface area contributed by atoms with Gasteiger partial charge >= 0.3 is 12.1 Å². The fraction of sp³-hybridized carbons (Fsp3) is 0.440. The largest absolute Gasteiger partial charge is 0.465 e. The third-order valence-electron chi connectivity index (χ3n) is 4.93. The molecule has 1 aromatic heterocycles. The molecular weight excluding hydrogens is 470 g/mol. The molecule has 0 atom stereocenters. The van der Waals surface area contributed by atoms with Gasteiger partial charge in [0, 0.05) is 31.4 Å². The van der Waals surface area contributed by atoms with Crippen molar-refractivity contribution in [3.8, 4) is 17.2 Å². The normalized spacial score (nSPS) is 10.9. The number of carbonyl (C=O) groups is 2. The number of nitriles is 1. The van der Waals surface area contributed by atoms with E-state index in [1.807, 2.05) is 4.90 Å². The van der Waals surface area contributed by atoms with Crippen molar-refractivity contribution in [1.29, 1.82) is 5.26 Å². The molecule has 9 nitrogen and oxygen atoms in total. The summed E-state index contributed by atoms with van der Waals surface area (Å²) in [5, 5.41) is 12.8. The second kappa shape index (κ2) is 12.9. The summed E-state index contributed by atoms with van der Waals surface area (Å²) in [6, 6.07) is 8.87. The van der Waals surface area contributed by atoms with E-state index in [0.29, 0.717) is 48.7 Å². The van der Waals surface area contributed by atoms with E-state index in [2.05, 4.69) is 16.4 Å². The van der Waals surface area contributed by atoms with Gasteiger partial charge in [0.05, 0.1) is 23.3 Å². The third kappa shape index (κ3) is 8.42. The highest BCUT2D eigenvalue weighted by Gasteiger charge is 2.18. The number of rotatable bonds is 10. The molecule has 0 aliphatic carbocycles. The van der Waals surface area contributed by atoms with Gasteiger partial charge in [-0.15, -0.1) is 0 Å². The number of halogens is 1. The second-order valence-electron chi connectivity index (χ2n) is 8.80. The zero-order valence-corrected chi connectivity index (χ0v) is 21.3. The Morgan fingerprint density at radius 2 is 1.94 bits per heavy atom. The average Bonchev–Trinajstić information content (AvgIpc) is 2.81. The van der Waals surface area contributed by atoms with Crippen LogP contribution in [-0.4, -0.2) is 55.9 Å². The maximum absolute atomic E-state index is 12.0. The molecular formula is C25H32ClN5O4. The molecule has 3 N–H and O–H groups in total. The number of pyridine rings is 1. The molecule has 188 valence electrons. The molecule has 35 heavy (non-hydrogen) atoms. The molecule has 0 unspecified atom stereocenters. The van der Waals surface area contributed by atoms with E-state index in [1.165, 1.54) is 7.11 Å². The molecule has 1 aromatic carbocycles. The van der Waals surface area contributed by atoms with Crippen LogP contribution >= 0.6 is 11.6 Å². The second-order valence-corrected chi connectivity index (χ2v) is 9.21. The van der Waals surface area contributed by atoms with E-state index < -0.39 is 17.7 Å². The molecule has 0 spiro atoms. The van der Waals surface area contributed by atoms with Crippen LogP contribution < -0.4 is 16.0 Å². The minimum absolute atomic E-state index is 0.244. The molecule has 0 radical (unpaired) electrons. The van der Waals surface area contributed by atoms with Crippen molar-refractivity contribution in [1.82, 2.24) is 10.3 Å². The standard InChI is InChI=1S/C25H32ClN5O4/c1-25(2,3)35-24(33)29-10-12-31(11-6-5-9-27)22-18(15-28)13-19(16-30-22)17-7-8-20(21(26)14-17)23(32)34-4/h7-8,13-14,16H,5-6,9-12,27H2,1-4H3,(H,29,33). The molecule has 0 aliphatic heterocycles. The van der Waals surface area contributed by atoms with Crippen LogP contribution in [0.3, 0.4) is 0 Å². The summed E-state index contributed by atoms with van der Waals surface area (Å²) in [5.41, 5.74) is 7.07. The first-order chi connectivity index (χ1) is 16.6. The lowest BCUT2D eigenvalue weighted by Crippen LogP contribution is -2.39. The summed E-state index contributed by atoms with van der Waals surface area (Å²) in [6.07, 6.45) is 2.77. The Balaban J connectivity index is 2.25. The lowest BCUT2D eigenvalue weighted by Gasteiger charge is -2.26. The quantitative estimate of drug-likeness (QED) is 0.367. The number of ether oxygens (including phenoxy) is 2. The van der Waals surface area contributed by atoms with Gasteiger partial charge in [0.1, 0.15) is 17.5 Å². The summed E-state index contributed by atoms with van der Waals surface area (Å²) >= 11 is 6.25. The number of methoxy groups -OCH3 is 1. The Hall–Kier alpha value is -3.35. The fourth-order valence-electron chi connectivity index (χ4n) is 3.30. The Bertz CT molecular complexity index is 1080. The number of hydrogen-bond donors (Lipinski definition) is 2. The summed E-state index contributed by atoms with van der Waals surface area (Å²) in [4.78, 5) is 30.3. The van der Waals surface area contributed by atoms with Crippen molar-refractivity contribution in [2.45, 2.75) is 39.2 Å². The molecule has 0 bridgehead atoms. The number of alkyl carbamates (subject to hydrolysis) is 1. The highest BCUT2D eigenvalue weighted by Crippen LogP contribution is 2.29. The predicted octanol–water partition coefficient (Wildman–Crippen LogP) is 4.13. The van der Waals surface area contributed by atoms with Crippen molar-refractivity contribution in [3.05, 3.63) is 46.6 Å². The van der Waals surface area contributed by atoms with E-state index in [4.69, 9.17) is 26.8 Å². The predicted molar refractivity (Wildman–Crippen MR) is 135 cm³/mol. The van der Waals surface area contributed by atoms with E-state index in [1.54, 1.807) is 51.2 Å². The number of benzene rings is 1. The topological polar surface area (TPSA) is 131 Å². The van der Waals surface area contributed by atoms with Crippen molar-refractivity contribution < 1.29 is 19.1 Å². The Morgan fingerprint density at radius 1 is 1.20 bits per heavy atom. The summed E-state index contributed by atoms with van der Waals surface area (Å²) in [5.74, 6) is -0.0163. The van der Waals surface area contributed by atoms with Gasteiger partial charge in [-0.2, -0.15) is 5.26 Å². The molecule has 0 saturated carbocycles. The van der Waals surface area contributed by atoms with Gasteiger partial charge in [-0.25, -0.2) is 14.6 Å². The molecule has 0 saturated heterocycles. The molecule has 2 aromatic rings. The summed E-state index contributed by atoms with van der Waals surface area (Å²) < 4.78 is 10.0. The van der Waals surface area contributed by atoms with Crippen molar-refractivity contribution in [2.24, 2.45) is 5.73 Å². The lowest BCUT2D eigenvalue weighted by atomic mass is 10.0. The first kappa shape index (κ1) is 27.9. The van der Waals surface area contributed by atoms with Gasteiger partial charge < -0.3 is 25.4 Å². The molecule has 1 heterocycles. The third-order valence-corrected chi connectivity index (χ3v) is 5.24. The number of anilines is 1. The number of nitrogens with zero attached hydrogens (tertiary/aromatic N) is 3. The zero-order valence-electron chi connectivity index (χ0n) is 20.6. The summed E-state index contributed by atoms with van der Waals surface area (Å²) in [6.45, 7) is 7.32. The summed E-state index contributed by atoms with van der Waals surface area (Å²) in [7, 11) is 1.29. The molecule has 2 rings (SSSR count). The van der Waals surface area contributed by atoms with Crippen LogP contribution in [0.25, 0.3) is 11.1 Å². The van der Waals surface area contributed by atoms with E-state index in [-0.39, 0.29) is 10.6 Å². The van der Waals surface area contributed by atoms with Gasteiger partial charge in [0.2, 0.25) is 0 Å². The first-order valence-electron chi connectivity index (χ1n) is 11.3. The van der Waals surface area contributed by atoms with Crippen LogP contribution in [0.15, 0.2) is 30.5 Å². The Labute approximate surface area is 211 Å². The van der Waals surface area contributed by atoms with Gasteiger partial charge in [-0.05, 0) is 63.9 Å². The smallest absolute Gasteiger partial charge is 0.407 e. The fourth-order valence-corrected chi connectivity index (χ4v) is 3.56. The number of esters is 1. The number of aromatic nitrogens is 1. The zero-order chi connectivity index (χ0) is 26.0. The minimum atomic E-state index is -0.589. The highest BCUT2D eigenvalue weighted by atomic mass is 35.5. The molecule has 0 fully saturated rings. The maximum Gasteiger partial charge on any atom is 0.407 e. The highest BCUT2D eigenvalue weighted by molar-refractivity contribution is 6.33. The van der Waals surface area contributed by atoms with Gasteiger partial charge in [-0.3, -0.25) is 0 Å². The lowest BCUT2D eigenvalue weighted by molar-refractivity contribution is 0.0528. The van der Waals surface area contributed by atoms with Gasteiger partial charge in [-0.1, -0.05) is 17.7 Å². The number of nitrogens with two attached hydrogens (primary N) is 1. The number of nitrogens with one attached hydrogen (secondary N) is 1. The molecule has 0 aliphatic rings. The number of amides is 1. The molecule has 1 amide bonds. The van der Waals surface area contributed by atoms with Crippen LogP contribution in [0.2, 0.25) is 5.02 Å². The Kier molecular flexibility index (Phi) is 10.3. The SMILES string of the molecule is COC(=O)c1ccc(-c2cnc(N(CCCCN)CCNC(=O)OC(C)(C)C)c(C#N)c2)cc1Cl. The monoisotopic (exact) mass is 501 g/mol. The van der Waals surface area contributed by atoms with E-state index >= 15 is 0 Å². The minimum Gasteiger partial charge on any atom is -0.465 e. The van der Waals surface area contributed by atoms with Crippen molar-refractivity contribution in [3.63, 3.8) is 0 Å². The maximum atomic E-state index is 12.0. The number of carbonyl (C=O) groups excluding carboxylic acids is 2. The van der Waals surface area contributed by atoms with Gasteiger partial charge in [0.15, 0.2) is 0 Å². The van der Waals surface area contributed by atoms with Gasteiger partial charge in [0.25, 0.3) is 0 Å². The van der Waals surface area contributed by atoms with Crippen LogP contribution in [0.1, 0.15) is 49.5 Å². The Morgan fingerprint density at radius 3 is 2.54 bits per heavy atom. The molecule has 10 heteroatoms. The first-order valence-corrected chi connectivity index (χ1v) is 11.7. The van der Waals surface area contributed by atoms with Crippen molar-refractivity contribution in [2.75, 3.05) is 38.2 Å². The average molecular weight is 502 g/mol. The van der Waals surface area contributed by atoms with Crippen molar-refractivity contribution >= 4 is 29.5 Å².